The van der Waals surface area contributed by atoms with Crippen molar-refractivity contribution in [2.75, 3.05) is 13.7 Å². The van der Waals surface area contributed by atoms with E-state index < -0.39 is 31.3 Å². The van der Waals surface area contributed by atoms with Crippen molar-refractivity contribution in [2.45, 2.75) is 24.3 Å². The summed E-state index contributed by atoms with van der Waals surface area (Å²) in [6, 6.07) is 1.53. The van der Waals surface area contributed by atoms with Crippen molar-refractivity contribution >= 4 is 37.2 Å². The molecule has 0 fully saturated rings. The monoisotopic (exact) mass is 357 g/mol. The molecule has 1 aromatic rings. The maximum absolute atomic E-state index is 13.5. The number of benzene rings is 1. The van der Waals surface area contributed by atoms with Gasteiger partial charge in [0.15, 0.2) is 0 Å². The molecule has 9 heteroatoms. The molecule has 1 aromatic carbocycles. The van der Waals surface area contributed by atoms with Crippen LogP contribution in [0.2, 0.25) is 5.02 Å². The Kier molecular flexibility index (Phi) is 5.60. The SMILES string of the molecule is COC(C)(C)CNC(=O)c1cc(S(=O)(=O)Cl)c(F)cc1Cl. The quantitative estimate of drug-likeness (QED) is 0.822. The van der Waals surface area contributed by atoms with Crippen molar-refractivity contribution in [3.63, 3.8) is 0 Å². The lowest BCUT2D eigenvalue weighted by molar-refractivity contribution is 0.0228. The van der Waals surface area contributed by atoms with Crippen LogP contribution in [0.3, 0.4) is 0 Å². The fraction of sp³-hybridized carbons (Fsp3) is 0.417. The first-order valence-corrected chi connectivity index (χ1v) is 8.44. The summed E-state index contributed by atoms with van der Waals surface area (Å²) in [5.74, 6) is -1.78. The van der Waals surface area contributed by atoms with E-state index in [1.807, 2.05) is 0 Å². The topological polar surface area (TPSA) is 72.5 Å². The summed E-state index contributed by atoms with van der Waals surface area (Å²) in [5, 5.41) is 2.30. The van der Waals surface area contributed by atoms with Crippen LogP contribution in [0, 0.1) is 5.82 Å². The van der Waals surface area contributed by atoms with Crippen LogP contribution in [0.25, 0.3) is 0 Å². The minimum Gasteiger partial charge on any atom is -0.377 e. The molecule has 0 aliphatic heterocycles. The minimum atomic E-state index is -4.32. The Labute approximate surface area is 131 Å². The molecule has 0 aliphatic carbocycles. The van der Waals surface area contributed by atoms with E-state index in [-0.39, 0.29) is 17.1 Å². The first-order chi connectivity index (χ1) is 9.48. The number of rotatable bonds is 5. The highest BCUT2D eigenvalue weighted by Crippen LogP contribution is 2.26. The first kappa shape index (κ1) is 18.2. The van der Waals surface area contributed by atoms with Gasteiger partial charge in [0.25, 0.3) is 15.0 Å². The highest BCUT2D eigenvalue weighted by Gasteiger charge is 2.23. The highest BCUT2D eigenvalue weighted by molar-refractivity contribution is 8.13. The third-order valence-electron chi connectivity index (χ3n) is 2.76. The number of amides is 1. The van der Waals surface area contributed by atoms with Crippen LogP contribution in [0.5, 0.6) is 0 Å². The lowest BCUT2D eigenvalue weighted by Crippen LogP contribution is -2.39. The fourth-order valence-corrected chi connectivity index (χ4v) is 2.49. The summed E-state index contributed by atoms with van der Waals surface area (Å²) in [5.41, 5.74) is -0.812. The van der Waals surface area contributed by atoms with Gasteiger partial charge in [0.05, 0.1) is 16.2 Å². The number of hydrogen-bond acceptors (Lipinski definition) is 4. The second-order valence-electron chi connectivity index (χ2n) is 4.85. The molecular weight excluding hydrogens is 344 g/mol. The van der Waals surface area contributed by atoms with Crippen molar-refractivity contribution in [1.82, 2.24) is 5.32 Å². The normalized spacial score (nSPS) is 12.3. The molecule has 21 heavy (non-hydrogen) atoms. The van der Waals surface area contributed by atoms with Gasteiger partial charge in [0.2, 0.25) is 0 Å². The van der Waals surface area contributed by atoms with E-state index in [1.54, 1.807) is 13.8 Å². The van der Waals surface area contributed by atoms with E-state index in [4.69, 9.17) is 27.0 Å². The second-order valence-corrected chi connectivity index (χ2v) is 7.79. The Morgan fingerprint density at radius 1 is 1.43 bits per heavy atom. The Hall–Kier alpha value is -0.890. The Bertz CT molecular complexity index is 661. The average Bonchev–Trinajstić information content (AvgIpc) is 2.34. The van der Waals surface area contributed by atoms with Crippen LogP contribution in [0.1, 0.15) is 24.2 Å². The van der Waals surface area contributed by atoms with Crippen LogP contribution in [0.15, 0.2) is 17.0 Å². The maximum atomic E-state index is 13.5. The van der Waals surface area contributed by atoms with E-state index in [9.17, 15) is 17.6 Å². The zero-order chi connectivity index (χ0) is 16.4. The van der Waals surface area contributed by atoms with E-state index in [1.165, 1.54) is 7.11 Å². The van der Waals surface area contributed by atoms with Gasteiger partial charge < -0.3 is 10.1 Å². The Morgan fingerprint density at radius 3 is 2.48 bits per heavy atom. The summed E-state index contributed by atoms with van der Waals surface area (Å²) >= 11 is 5.76. The van der Waals surface area contributed by atoms with E-state index in [0.29, 0.717) is 0 Å². The number of hydrogen-bond donors (Lipinski definition) is 1. The van der Waals surface area contributed by atoms with Crippen LogP contribution >= 0.6 is 22.3 Å². The van der Waals surface area contributed by atoms with Gasteiger partial charge in [-0.1, -0.05) is 11.6 Å². The van der Waals surface area contributed by atoms with Gasteiger partial charge in [-0.15, -0.1) is 0 Å². The molecule has 0 radical (unpaired) electrons. The molecule has 0 spiro atoms. The molecule has 0 aromatic heterocycles. The van der Waals surface area contributed by atoms with Crippen molar-refractivity contribution in [1.29, 1.82) is 0 Å². The van der Waals surface area contributed by atoms with Crippen LogP contribution in [-0.4, -0.2) is 33.6 Å². The van der Waals surface area contributed by atoms with Gasteiger partial charge in [0, 0.05) is 24.3 Å². The third-order valence-corrected chi connectivity index (χ3v) is 4.41. The average molecular weight is 358 g/mol. The smallest absolute Gasteiger partial charge is 0.264 e. The van der Waals surface area contributed by atoms with Crippen LogP contribution in [-0.2, 0) is 13.8 Å². The molecule has 0 atom stereocenters. The Balaban J connectivity index is 3.11. The summed E-state index contributed by atoms with van der Waals surface area (Å²) in [4.78, 5) is 11.2. The maximum Gasteiger partial charge on any atom is 0.264 e. The number of halogens is 3. The molecule has 0 saturated heterocycles. The zero-order valence-electron chi connectivity index (χ0n) is 11.5. The lowest BCUT2D eigenvalue weighted by Gasteiger charge is -2.23. The molecule has 118 valence electrons. The summed E-state index contributed by atoms with van der Waals surface area (Å²) in [6.45, 7) is 3.64. The molecule has 0 saturated carbocycles. The van der Waals surface area contributed by atoms with Crippen molar-refractivity contribution in [3.8, 4) is 0 Å². The predicted octanol–water partition coefficient (Wildman–Crippen LogP) is 2.56. The number of carbonyl (C=O) groups excluding carboxylic acids is 1. The van der Waals surface area contributed by atoms with Crippen molar-refractivity contribution < 1.29 is 22.3 Å². The Morgan fingerprint density at radius 2 is 2.00 bits per heavy atom. The second kappa shape index (κ2) is 6.48. The molecule has 0 aliphatic rings. The number of nitrogens with one attached hydrogen (secondary N) is 1. The summed E-state index contributed by atoms with van der Waals surface area (Å²) < 4.78 is 41.1. The molecule has 1 N–H and O–H groups in total. The fourth-order valence-electron chi connectivity index (χ4n) is 1.35. The number of ether oxygens (including phenoxy) is 1. The third kappa shape index (κ3) is 4.81. The van der Waals surface area contributed by atoms with E-state index >= 15 is 0 Å². The standard InChI is InChI=1S/C12H14Cl2FNO4S/c1-12(2,20-3)6-16-11(17)7-4-10(21(14,18)19)9(15)5-8(7)13/h4-5H,6H2,1-3H3,(H,16,17). The highest BCUT2D eigenvalue weighted by atomic mass is 35.7. The van der Waals surface area contributed by atoms with Crippen molar-refractivity contribution in [3.05, 3.63) is 28.5 Å². The van der Waals surface area contributed by atoms with Gasteiger partial charge >= 0.3 is 0 Å². The summed E-state index contributed by atoms with van der Waals surface area (Å²) in [7, 11) is 2.26. The van der Waals surface area contributed by atoms with E-state index in [0.717, 1.165) is 12.1 Å². The number of carbonyl (C=O) groups is 1. The van der Waals surface area contributed by atoms with Crippen molar-refractivity contribution in [2.24, 2.45) is 0 Å². The first-order valence-electron chi connectivity index (χ1n) is 5.75. The van der Waals surface area contributed by atoms with E-state index in [2.05, 4.69) is 5.32 Å². The predicted molar refractivity (Wildman–Crippen MR) is 77.9 cm³/mol. The molecule has 1 rings (SSSR count). The van der Waals surface area contributed by atoms with Gasteiger partial charge in [0.1, 0.15) is 10.7 Å². The molecule has 0 unspecified atom stereocenters. The lowest BCUT2D eigenvalue weighted by atomic mass is 10.1. The molecule has 0 bridgehead atoms. The molecule has 1 amide bonds. The molecule has 5 nitrogen and oxygen atoms in total. The van der Waals surface area contributed by atoms with Gasteiger partial charge in [-0.25, -0.2) is 12.8 Å². The minimum absolute atomic E-state index is 0.152. The van der Waals surface area contributed by atoms with Crippen LogP contribution in [0.4, 0.5) is 4.39 Å². The van der Waals surface area contributed by atoms with Gasteiger partial charge in [-0.2, -0.15) is 0 Å². The number of methoxy groups -OCH3 is 1. The van der Waals surface area contributed by atoms with Gasteiger partial charge in [-0.3, -0.25) is 4.79 Å². The zero-order valence-corrected chi connectivity index (χ0v) is 13.9. The molecule has 0 heterocycles. The van der Waals surface area contributed by atoms with Crippen LogP contribution < -0.4 is 5.32 Å². The largest absolute Gasteiger partial charge is 0.377 e. The molecular formula is C12H14Cl2FNO4S. The van der Waals surface area contributed by atoms with Gasteiger partial charge in [-0.05, 0) is 26.0 Å². The summed E-state index contributed by atoms with van der Waals surface area (Å²) in [6.07, 6.45) is 0.